The third-order valence-electron chi connectivity index (χ3n) is 4.88. The van der Waals surface area contributed by atoms with E-state index in [-0.39, 0.29) is 103 Å². The van der Waals surface area contributed by atoms with Crippen molar-refractivity contribution >= 4 is 14.0 Å². The quantitative estimate of drug-likeness (QED) is 0.529. The summed E-state index contributed by atoms with van der Waals surface area (Å²) in [5, 5.41) is 2.37. The maximum Gasteiger partial charge on any atom is 1.00 e. The van der Waals surface area contributed by atoms with Crippen LogP contribution in [0.2, 0.25) is 10.1 Å². The van der Waals surface area contributed by atoms with E-state index < -0.39 is 8.80 Å². The Morgan fingerprint density at radius 2 is 0.788 bits per heavy atom. The van der Waals surface area contributed by atoms with Gasteiger partial charge in [0, 0.05) is 26.4 Å². The molecular weight excluding hydrogens is 475 g/mol. The normalized spacial score (nSPS) is 14.5. The summed E-state index contributed by atoms with van der Waals surface area (Å²) < 4.78 is 9.89. The first-order valence-electron chi connectivity index (χ1n) is 11.8. The molecule has 33 heavy (non-hydrogen) atoms. The zero-order chi connectivity index (χ0) is 23.0. The molecule has 0 N–H and O–H groups in total. The first-order chi connectivity index (χ1) is 14.7. The second kappa shape index (κ2) is 21.9. The number of hydrogen-bond acceptors (Lipinski definition) is 2. The largest absolute Gasteiger partial charge is 1.00 e. The van der Waals surface area contributed by atoms with Gasteiger partial charge in [-0.1, -0.05) is 108 Å². The van der Waals surface area contributed by atoms with Gasteiger partial charge >= 0.3 is 103 Å². The minimum absolute atomic E-state index is 0. The Bertz CT molecular complexity index is 581. The zero-order valence-electron chi connectivity index (χ0n) is 22.8. The van der Waals surface area contributed by atoms with Gasteiger partial charge in [-0.25, -0.2) is 0 Å². The van der Waals surface area contributed by atoms with Crippen molar-refractivity contribution in [1.29, 1.82) is 0 Å². The summed E-state index contributed by atoms with van der Waals surface area (Å²) in [7, 11) is -0.553. The molecule has 0 aliphatic carbocycles. The van der Waals surface area contributed by atoms with E-state index in [0.29, 0.717) is 10.1 Å². The molecule has 174 valence electrons. The molecule has 4 rings (SSSR count). The summed E-state index contributed by atoms with van der Waals surface area (Å²) in [4.78, 5) is 0. The summed E-state index contributed by atoms with van der Waals surface area (Å²) in [6.45, 7) is 18.2. The van der Waals surface area contributed by atoms with Gasteiger partial charge in [-0.15, -0.1) is 0 Å². The molecule has 5 heteroatoms. The molecule has 0 amide bonds. The number of hydrogen-bond donors (Lipinski definition) is 0. The number of rotatable bonds is 1. The Balaban J connectivity index is 0. The van der Waals surface area contributed by atoms with Crippen molar-refractivity contribution in [3.05, 3.63) is 66.7 Å². The Kier molecular flexibility index (Phi) is 24.5. The molecule has 2 nitrogen and oxygen atoms in total. The molecule has 0 unspecified atom stereocenters. The summed E-state index contributed by atoms with van der Waals surface area (Å²) in [5.74, 6) is 0. The van der Waals surface area contributed by atoms with Crippen molar-refractivity contribution in [3.63, 3.8) is 0 Å². The summed E-state index contributed by atoms with van der Waals surface area (Å²) in [6, 6.07) is 23.0. The zero-order valence-corrected chi connectivity index (χ0v) is 30.1. The van der Waals surface area contributed by atoms with E-state index in [1.807, 2.05) is 36.4 Å². The van der Waals surface area contributed by atoms with Crippen molar-refractivity contribution < 1.29 is 112 Å². The van der Waals surface area contributed by atoms with E-state index in [2.05, 4.69) is 71.9 Å². The number of benzene rings is 2. The monoisotopic (exact) mass is 519 g/mol. The molecule has 0 saturated carbocycles. The summed E-state index contributed by atoms with van der Waals surface area (Å²) >= 11 is 0. The van der Waals surface area contributed by atoms with Crippen molar-refractivity contribution in [2.24, 2.45) is 0 Å². The first-order valence-corrected chi connectivity index (χ1v) is 13.3. The average molecular weight is 520 g/mol. The van der Waals surface area contributed by atoms with Gasteiger partial charge < -0.3 is 9.47 Å². The van der Waals surface area contributed by atoms with Crippen molar-refractivity contribution in [2.45, 2.75) is 77.3 Å². The van der Waals surface area contributed by atoms with Crippen LogP contribution in [-0.2, 0) is 9.47 Å². The molecule has 2 heterocycles. The second-order valence-electron chi connectivity index (χ2n) is 10.0. The smallest absolute Gasteiger partial charge is 0.381 e. The SMILES string of the molecule is C1CCOC1.C1CCOC1.CC(C)(C)[Si-](c1ccccc1)C(C)(C)C.[K+].[K+].c1ccccc1. The van der Waals surface area contributed by atoms with Crippen LogP contribution in [0, 0.1) is 0 Å². The van der Waals surface area contributed by atoms with Crippen LogP contribution < -0.4 is 108 Å². The fourth-order valence-electron chi connectivity index (χ4n) is 4.00. The van der Waals surface area contributed by atoms with Crippen LogP contribution in [0.3, 0.4) is 0 Å². The molecule has 0 bridgehead atoms. The Morgan fingerprint density at radius 3 is 1.00 bits per heavy atom. The maximum atomic E-state index is 4.94. The minimum atomic E-state index is -0.553. The van der Waals surface area contributed by atoms with Gasteiger partial charge in [0.1, 0.15) is 0 Å². The standard InChI is InChI=1S/C14H23Si.C6H6.2C4H8O.2K/c1-13(2,3)15(14(4,5)6)12-10-8-7-9-11-12;1-2-4-6-5-3-1;2*1-2-4-5-3-1;;/h7-11H,1-6H3;1-6H;2*1-4H2;;/q-1;;;;2*+1. The molecule has 2 aliphatic heterocycles. The van der Waals surface area contributed by atoms with Crippen LogP contribution in [0.4, 0.5) is 0 Å². The molecule has 0 radical (unpaired) electrons. The molecule has 2 aliphatic rings. The fraction of sp³-hybridized carbons (Fsp3) is 0.571. The van der Waals surface area contributed by atoms with Crippen molar-refractivity contribution in [3.8, 4) is 0 Å². The van der Waals surface area contributed by atoms with Gasteiger partial charge in [-0.2, -0.15) is 15.3 Å². The van der Waals surface area contributed by atoms with E-state index in [0.717, 1.165) is 26.4 Å². The molecule has 2 saturated heterocycles. The molecule has 0 atom stereocenters. The van der Waals surface area contributed by atoms with E-state index >= 15 is 0 Å². The van der Waals surface area contributed by atoms with Gasteiger partial charge in [0.25, 0.3) is 0 Å². The van der Waals surface area contributed by atoms with Gasteiger partial charge in [0.05, 0.1) is 0 Å². The predicted octanol–water partition coefficient (Wildman–Crippen LogP) is 1.28. The van der Waals surface area contributed by atoms with Gasteiger partial charge in [-0.3, -0.25) is 8.80 Å². The predicted molar refractivity (Wildman–Crippen MR) is 138 cm³/mol. The average Bonchev–Trinajstić information content (AvgIpc) is 3.47. The summed E-state index contributed by atoms with van der Waals surface area (Å²) in [6.07, 6.45) is 5.11. The van der Waals surface area contributed by atoms with Crippen LogP contribution in [-0.4, -0.2) is 35.2 Å². The molecule has 2 aromatic rings. The molecule has 2 fully saturated rings. The topological polar surface area (TPSA) is 18.5 Å². The molecular formula is C28H45K2O2Si+. The van der Waals surface area contributed by atoms with Crippen LogP contribution in [0.15, 0.2) is 66.7 Å². The third kappa shape index (κ3) is 19.6. The van der Waals surface area contributed by atoms with Crippen LogP contribution in [0.1, 0.15) is 67.2 Å². The van der Waals surface area contributed by atoms with Gasteiger partial charge in [0.15, 0.2) is 0 Å². The maximum absolute atomic E-state index is 4.94. The van der Waals surface area contributed by atoms with Gasteiger partial charge in [-0.05, 0) is 25.7 Å². The molecule has 0 spiro atoms. The van der Waals surface area contributed by atoms with Gasteiger partial charge in [0.2, 0.25) is 0 Å². The first kappa shape index (κ1) is 37.0. The van der Waals surface area contributed by atoms with E-state index in [9.17, 15) is 0 Å². The second-order valence-corrected chi connectivity index (χ2v) is 14.4. The third-order valence-corrected chi connectivity index (χ3v) is 8.79. The Labute approximate surface area is 291 Å². The number of ether oxygens (including phenoxy) is 2. The Hall–Kier alpha value is 1.85. The van der Waals surface area contributed by atoms with Crippen LogP contribution in [0.5, 0.6) is 0 Å². The minimum Gasteiger partial charge on any atom is -0.381 e. The van der Waals surface area contributed by atoms with E-state index in [1.165, 1.54) is 25.7 Å². The fourth-order valence-corrected chi connectivity index (χ4v) is 8.51. The van der Waals surface area contributed by atoms with Crippen molar-refractivity contribution in [1.82, 2.24) is 0 Å². The van der Waals surface area contributed by atoms with Crippen molar-refractivity contribution in [2.75, 3.05) is 26.4 Å². The van der Waals surface area contributed by atoms with Crippen LogP contribution >= 0.6 is 0 Å². The Morgan fingerprint density at radius 1 is 0.515 bits per heavy atom. The van der Waals surface area contributed by atoms with Crippen LogP contribution in [0.25, 0.3) is 0 Å². The van der Waals surface area contributed by atoms with E-state index in [1.54, 1.807) is 5.19 Å². The molecule has 0 aromatic heterocycles. The van der Waals surface area contributed by atoms with E-state index in [4.69, 9.17) is 9.47 Å². The molecule has 2 aromatic carbocycles. The summed E-state index contributed by atoms with van der Waals surface area (Å²) in [5.41, 5.74) is 0.